The Labute approximate surface area is 67.2 Å². The van der Waals surface area contributed by atoms with Crippen LogP contribution in [0.3, 0.4) is 0 Å². The van der Waals surface area contributed by atoms with Gasteiger partial charge in [0, 0.05) is 0 Å². The first-order valence-electron chi connectivity index (χ1n) is 3.54. The van der Waals surface area contributed by atoms with Gasteiger partial charge in [-0.25, -0.2) is 0 Å². The van der Waals surface area contributed by atoms with Gasteiger partial charge in [-0.15, -0.1) is 6.58 Å². The number of aliphatic hydroxyl groups is 1. The number of hydrogen-bond acceptors (Lipinski definition) is 2. The van der Waals surface area contributed by atoms with Gasteiger partial charge in [0.15, 0.2) is 5.78 Å². The van der Waals surface area contributed by atoms with E-state index in [2.05, 4.69) is 13.2 Å². The molecule has 62 valence electrons. The third-order valence-corrected chi connectivity index (χ3v) is 1.55. The summed E-state index contributed by atoms with van der Waals surface area (Å²) >= 11 is 0. The van der Waals surface area contributed by atoms with Crippen LogP contribution < -0.4 is 0 Å². The Morgan fingerprint density at radius 1 is 1.64 bits per heavy atom. The van der Waals surface area contributed by atoms with E-state index in [4.69, 9.17) is 0 Å². The zero-order chi connectivity index (χ0) is 8.91. The lowest BCUT2D eigenvalue weighted by molar-refractivity contribution is -0.130. The first kappa shape index (κ1) is 10.1. The number of allylic oxidation sites excluding steroid dienone is 1. The highest BCUT2D eigenvalue weighted by Crippen LogP contribution is 2.13. The van der Waals surface area contributed by atoms with Crippen LogP contribution in [-0.4, -0.2) is 16.5 Å². The maximum absolute atomic E-state index is 10.9. The van der Waals surface area contributed by atoms with Crippen LogP contribution in [0.15, 0.2) is 25.3 Å². The molecule has 0 spiro atoms. The Morgan fingerprint density at radius 2 is 2.18 bits per heavy atom. The fourth-order valence-corrected chi connectivity index (χ4v) is 0.726. The van der Waals surface area contributed by atoms with Crippen molar-refractivity contribution in [2.24, 2.45) is 0 Å². The summed E-state index contributed by atoms with van der Waals surface area (Å²) in [5.41, 5.74) is -1.27. The molecular weight excluding hydrogens is 140 g/mol. The summed E-state index contributed by atoms with van der Waals surface area (Å²) in [7, 11) is 0. The topological polar surface area (TPSA) is 37.3 Å². The molecule has 0 saturated carbocycles. The molecule has 0 aromatic rings. The van der Waals surface area contributed by atoms with E-state index in [1.807, 2.05) is 0 Å². The van der Waals surface area contributed by atoms with Gasteiger partial charge < -0.3 is 5.11 Å². The molecule has 0 fully saturated rings. The Bertz CT molecular complexity index is 168. The molecule has 0 bridgehead atoms. The van der Waals surface area contributed by atoms with Gasteiger partial charge >= 0.3 is 0 Å². The highest BCUT2D eigenvalue weighted by molar-refractivity contribution is 5.95. The van der Waals surface area contributed by atoms with Crippen molar-refractivity contribution in [3.8, 4) is 0 Å². The lowest BCUT2D eigenvalue weighted by Crippen LogP contribution is -2.33. The van der Waals surface area contributed by atoms with Gasteiger partial charge in [0.1, 0.15) is 5.60 Å². The van der Waals surface area contributed by atoms with E-state index in [1.165, 1.54) is 6.92 Å². The van der Waals surface area contributed by atoms with E-state index < -0.39 is 5.60 Å². The molecule has 0 rings (SSSR count). The van der Waals surface area contributed by atoms with Crippen molar-refractivity contribution in [2.75, 3.05) is 0 Å². The van der Waals surface area contributed by atoms with E-state index in [-0.39, 0.29) is 5.78 Å². The third-order valence-electron chi connectivity index (χ3n) is 1.55. The first-order valence-corrected chi connectivity index (χ1v) is 3.54. The monoisotopic (exact) mass is 154 g/mol. The van der Waals surface area contributed by atoms with Gasteiger partial charge in [-0.3, -0.25) is 4.79 Å². The molecule has 2 nitrogen and oxygen atoms in total. The molecular formula is C9H14O2. The largest absolute Gasteiger partial charge is 0.382 e. The fourth-order valence-electron chi connectivity index (χ4n) is 0.726. The van der Waals surface area contributed by atoms with Gasteiger partial charge in [0.05, 0.1) is 0 Å². The van der Waals surface area contributed by atoms with E-state index in [0.29, 0.717) is 12.8 Å². The van der Waals surface area contributed by atoms with Crippen LogP contribution in [-0.2, 0) is 4.79 Å². The van der Waals surface area contributed by atoms with Crippen LogP contribution in [0.2, 0.25) is 0 Å². The van der Waals surface area contributed by atoms with Gasteiger partial charge in [0.25, 0.3) is 0 Å². The minimum absolute atomic E-state index is 0.334. The van der Waals surface area contributed by atoms with Crippen molar-refractivity contribution in [3.05, 3.63) is 25.3 Å². The van der Waals surface area contributed by atoms with Crippen molar-refractivity contribution in [1.82, 2.24) is 0 Å². The van der Waals surface area contributed by atoms with E-state index in [0.717, 1.165) is 6.08 Å². The van der Waals surface area contributed by atoms with E-state index >= 15 is 0 Å². The summed E-state index contributed by atoms with van der Waals surface area (Å²) in [4.78, 5) is 10.9. The fraction of sp³-hybridized carbons (Fsp3) is 0.444. The van der Waals surface area contributed by atoms with Crippen LogP contribution >= 0.6 is 0 Å². The predicted molar refractivity (Wildman–Crippen MR) is 45.3 cm³/mol. The smallest absolute Gasteiger partial charge is 0.186 e. The van der Waals surface area contributed by atoms with Crippen LogP contribution in [0.1, 0.15) is 19.8 Å². The second-order valence-corrected chi connectivity index (χ2v) is 2.67. The molecule has 0 heterocycles. The molecule has 0 aromatic heterocycles. The molecule has 0 aliphatic rings. The Morgan fingerprint density at radius 3 is 2.55 bits per heavy atom. The zero-order valence-electron chi connectivity index (χ0n) is 6.84. The molecule has 1 atom stereocenters. The molecule has 1 unspecified atom stereocenters. The maximum Gasteiger partial charge on any atom is 0.186 e. The molecule has 0 amide bonds. The van der Waals surface area contributed by atoms with Crippen molar-refractivity contribution in [3.63, 3.8) is 0 Å². The average Bonchev–Trinajstić information content (AvgIpc) is 1.99. The third kappa shape index (κ3) is 3.14. The quantitative estimate of drug-likeness (QED) is 0.481. The van der Waals surface area contributed by atoms with Crippen molar-refractivity contribution in [1.29, 1.82) is 0 Å². The normalized spacial score (nSPS) is 15.1. The van der Waals surface area contributed by atoms with E-state index in [1.54, 1.807) is 6.08 Å². The number of carbonyl (C=O) groups excluding carboxylic acids is 1. The summed E-state index contributed by atoms with van der Waals surface area (Å²) in [6, 6.07) is 0. The highest BCUT2D eigenvalue weighted by atomic mass is 16.3. The Hall–Kier alpha value is -0.890. The van der Waals surface area contributed by atoms with Crippen LogP contribution in [0.4, 0.5) is 0 Å². The SMILES string of the molecule is C=CCCC(C)(O)C(=O)C=C. The van der Waals surface area contributed by atoms with Gasteiger partial charge in [-0.1, -0.05) is 12.7 Å². The lowest BCUT2D eigenvalue weighted by atomic mass is 9.95. The summed E-state index contributed by atoms with van der Waals surface area (Å²) < 4.78 is 0. The second kappa shape index (κ2) is 4.09. The van der Waals surface area contributed by atoms with Crippen LogP contribution in [0.25, 0.3) is 0 Å². The molecule has 1 N–H and O–H groups in total. The number of rotatable bonds is 5. The summed E-state index contributed by atoms with van der Waals surface area (Å²) in [6.07, 6.45) is 3.85. The zero-order valence-corrected chi connectivity index (χ0v) is 6.84. The van der Waals surface area contributed by atoms with Crippen LogP contribution in [0.5, 0.6) is 0 Å². The highest BCUT2D eigenvalue weighted by Gasteiger charge is 2.25. The lowest BCUT2D eigenvalue weighted by Gasteiger charge is -2.18. The molecule has 0 saturated heterocycles. The molecule has 2 heteroatoms. The van der Waals surface area contributed by atoms with Crippen LogP contribution in [0, 0.1) is 0 Å². The summed E-state index contributed by atoms with van der Waals surface area (Å²) in [6.45, 7) is 8.29. The van der Waals surface area contributed by atoms with Crippen molar-refractivity contribution < 1.29 is 9.90 Å². The minimum atomic E-state index is -1.27. The van der Waals surface area contributed by atoms with Crippen molar-refractivity contribution in [2.45, 2.75) is 25.4 Å². The molecule has 0 aliphatic carbocycles. The van der Waals surface area contributed by atoms with E-state index in [9.17, 15) is 9.90 Å². The molecule has 0 radical (unpaired) electrons. The minimum Gasteiger partial charge on any atom is -0.382 e. The number of carbonyl (C=O) groups is 1. The average molecular weight is 154 g/mol. The maximum atomic E-state index is 10.9. The van der Waals surface area contributed by atoms with Gasteiger partial charge in [-0.05, 0) is 25.8 Å². The number of hydrogen-bond donors (Lipinski definition) is 1. The molecule has 11 heavy (non-hydrogen) atoms. The predicted octanol–water partition coefficient (Wildman–Crippen LogP) is 1.46. The van der Waals surface area contributed by atoms with Gasteiger partial charge in [-0.2, -0.15) is 0 Å². The summed E-state index contributed by atoms with van der Waals surface area (Å²) in [5, 5.41) is 9.45. The second-order valence-electron chi connectivity index (χ2n) is 2.67. The first-order chi connectivity index (χ1) is 5.04. The Balaban J connectivity index is 4.08. The van der Waals surface area contributed by atoms with Gasteiger partial charge in [0.2, 0.25) is 0 Å². The Kier molecular flexibility index (Phi) is 3.76. The number of ketones is 1. The van der Waals surface area contributed by atoms with Crippen molar-refractivity contribution >= 4 is 5.78 Å². The molecule has 0 aliphatic heterocycles. The summed E-state index contributed by atoms with van der Waals surface area (Å²) in [5.74, 6) is -0.334. The molecule has 0 aromatic carbocycles. The standard InChI is InChI=1S/C9H14O2/c1-4-6-7-9(3,11)8(10)5-2/h4-5,11H,1-2,6-7H2,3H3.